The fourth-order valence-corrected chi connectivity index (χ4v) is 4.04. The fourth-order valence-electron chi connectivity index (χ4n) is 2.44. The van der Waals surface area contributed by atoms with E-state index in [1.165, 1.54) is 6.92 Å². The van der Waals surface area contributed by atoms with Gasteiger partial charge in [-0.3, -0.25) is 4.98 Å². The Morgan fingerprint density at radius 2 is 1.96 bits per heavy atom. The zero-order valence-electron chi connectivity index (χ0n) is 13.4. The van der Waals surface area contributed by atoms with Crippen LogP contribution in [0.2, 0.25) is 0 Å². The van der Waals surface area contributed by atoms with E-state index in [0.717, 1.165) is 36.7 Å². The molecule has 2 aromatic rings. The molecule has 1 atom stereocenters. The molecule has 0 spiro atoms. The molecule has 5 nitrogen and oxygen atoms in total. The Hall–Kier alpha value is -2.51. The Bertz CT molecular complexity index is 939. The molecule has 1 aromatic carbocycles. The number of rotatable bonds is 5. The van der Waals surface area contributed by atoms with Crippen molar-refractivity contribution in [3.05, 3.63) is 59.7 Å². The van der Waals surface area contributed by atoms with Gasteiger partial charge in [-0.25, -0.2) is 12.8 Å². The summed E-state index contributed by atoms with van der Waals surface area (Å²) >= 11 is 0. The van der Waals surface area contributed by atoms with E-state index >= 15 is 0 Å². The highest BCUT2D eigenvalue weighted by atomic mass is 32.2. The number of sulfonamides is 1. The van der Waals surface area contributed by atoms with Crippen LogP contribution in [-0.2, 0) is 10.0 Å². The Balaban J connectivity index is 2.62. The van der Waals surface area contributed by atoms with Gasteiger partial charge in [0.25, 0.3) is 0 Å². The van der Waals surface area contributed by atoms with Crippen LogP contribution < -0.4 is 0 Å². The molecule has 0 saturated heterocycles. The zero-order chi connectivity index (χ0) is 19.5. The molecule has 0 radical (unpaired) electrons. The molecule has 1 heterocycles. The smallest absolute Gasteiger partial charge is 0.262 e. The molecule has 0 aliphatic heterocycles. The van der Waals surface area contributed by atoms with Crippen molar-refractivity contribution in [3.8, 4) is 6.07 Å². The predicted molar refractivity (Wildman–Crippen MR) is 83.7 cm³/mol. The highest BCUT2D eigenvalue weighted by molar-refractivity contribution is 7.89. The van der Waals surface area contributed by atoms with Gasteiger partial charge in [0.2, 0.25) is 10.0 Å². The fraction of sp³-hybridized carbons (Fsp3) is 0.250. The molecular weight excluding hydrogens is 374 g/mol. The number of alkyl halides is 3. The monoisotopic (exact) mass is 387 g/mol. The Kier molecular flexibility index (Phi) is 5.63. The van der Waals surface area contributed by atoms with Gasteiger partial charge < -0.3 is 0 Å². The van der Waals surface area contributed by atoms with Gasteiger partial charge in [-0.2, -0.15) is 22.7 Å². The minimum absolute atomic E-state index is 0.114. The number of nitriles is 1. The Morgan fingerprint density at radius 1 is 1.27 bits per heavy atom. The number of halogens is 4. The minimum Gasteiger partial charge on any atom is -0.262 e. The molecular formula is C16H13F4N3O2S. The molecule has 10 heteroatoms. The molecule has 0 aliphatic carbocycles. The number of nitrogens with zero attached hydrogens (tertiary/aromatic N) is 3. The van der Waals surface area contributed by atoms with E-state index in [1.54, 1.807) is 6.07 Å². The molecule has 138 valence electrons. The number of benzene rings is 1. The zero-order valence-corrected chi connectivity index (χ0v) is 14.2. The largest absolute Gasteiger partial charge is 0.409 e. The quantitative estimate of drug-likeness (QED) is 0.737. The number of hydrogen-bond donors (Lipinski definition) is 0. The van der Waals surface area contributed by atoms with Gasteiger partial charge in [0, 0.05) is 18.9 Å². The SMILES string of the molecule is CCN([C@@H](c1cccc(F)c1)C(F)(F)F)S(=O)(=O)c1cncc(C#N)c1. The molecule has 1 aromatic heterocycles. The first-order chi connectivity index (χ1) is 12.1. The molecule has 0 aliphatic rings. The first-order valence-corrected chi connectivity index (χ1v) is 8.74. The molecule has 0 fully saturated rings. The van der Waals surface area contributed by atoms with E-state index in [0.29, 0.717) is 6.07 Å². The van der Waals surface area contributed by atoms with E-state index in [-0.39, 0.29) is 9.87 Å². The summed E-state index contributed by atoms with van der Waals surface area (Å²) < 4.78 is 80.2. The second-order valence-corrected chi connectivity index (χ2v) is 7.12. The van der Waals surface area contributed by atoms with E-state index in [1.807, 2.05) is 0 Å². The van der Waals surface area contributed by atoms with Crippen molar-refractivity contribution >= 4 is 10.0 Å². The van der Waals surface area contributed by atoms with Crippen LogP contribution in [0.3, 0.4) is 0 Å². The Morgan fingerprint density at radius 3 is 2.50 bits per heavy atom. The van der Waals surface area contributed by atoms with Gasteiger partial charge in [-0.15, -0.1) is 0 Å². The summed E-state index contributed by atoms with van der Waals surface area (Å²) in [6.07, 6.45) is -3.04. The van der Waals surface area contributed by atoms with Gasteiger partial charge in [0.15, 0.2) is 0 Å². The van der Waals surface area contributed by atoms with Gasteiger partial charge in [-0.1, -0.05) is 19.1 Å². The van der Waals surface area contributed by atoms with Crippen LogP contribution in [0, 0.1) is 17.1 Å². The lowest BCUT2D eigenvalue weighted by Crippen LogP contribution is -2.42. The maximum absolute atomic E-state index is 13.7. The second kappa shape index (κ2) is 7.39. The normalized spacial score (nSPS) is 13.4. The average molecular weight is 387 g/mol. The van der Waals surface area contributed by atoms with Crippen molar-refractivity contribution in [2.24, 2.45) is 0 Å². The van der Waals surface area contributed by atoms with Crippen LogP contribution in [0.25, 0.3) is 0 Å². The standard InChI is InChI=1S/C16H13F4N3O2S/c1-2-23(26(24,25)14-6-11(8-21)9-22-10-14)15(16(18,19)20)12-4-3-5-13(17)7-12/h3-7,9-10,15H,2H2,1H3/t15-/m0/s1. The van der Waals surface area contributed by atoms with Gasteiger partial charge in [-0.05, 0) is 23.8 Å². The maximum atomic E-state index is 13.7. The molecule has 26 heavy (non-hydrogen) atoms. The summed E-state index contributed by atoms with van der Waals surface area (Å²) in [7, 11) is -4.65. The van der Waals surface area contributed by atoms with Crippen LogP contribution in [-0.4, -0.2) is 30.4 Å². The molecule has 0 unspecified atom stereocenters. The van der Waals surface area contributed by atoms with Gasteiger partial charge in [0.05, 0.1) is 5.56 Å². The Labute approximate surface area is 147 Å². The van der Waals surface area contributed by atoms with Crippen LogP contribution in [0.5, 0.6) is 0 Å². The van der Waals surface area contributed by atoms with Crippen LogP contribution in [0.1, 0.15) is 24.1 Å². The summed E-state index contributed by atoms with van der Waals surface area (Å²) in [6, 6.07) is 3.70. The van der Waals surface area contributed by atoms with E-state index in [4.69, 9.17) is 5.26 Å². The lowest BCUT2D eigenvalue weighted by atomic mass is 10.1. The molecule has 0 bridgehead atoms. The van der Waals surface area contributed by atoms with Crippen molar-refractivity contribution in [1.82, 2.24) is 9.29 Å². The van der Waals surface area contributed by atoms with E-state index in [2.05, 4.69) is 4.98 Å². The highest BCUT2D eigenvalue weighted by Crippen LogP contribution is 2.40. The minimum atomic E-state index is -4.99. The van der Waals surface area contributed by atoms with Crippen LogP contribution in [0.4, 0.5) is 17.6 Å². The lowest BCUT2D eigenvalue weighted by Gasteiger charge is -2.31. The molecule has 0 N–H and O–H groups in total. The number of aromatic nitrogens is 1. The predicted octanol–water partition coefficient (Wildman–Crippen LogP) is 3.41. The van der Waals surface area contributed by atoms with Crippen molar-refractivity contribution in [1.29, 1.82) is 5.26 Å². The van der Waals surface area contributed by atoms with E-state index < -0.39 is 45.1 Å². The second-order valence-electron chi connectivity index (χ2n) is 5.23. The number of pyridine rings is 1. The van der Waals surface area contributed by atoms with Crippen LogP contribution >= 0.6 is 0 Å². The summed E-state index contributed by atoms with van der Waals surface area (Å²) in [6.45, 7) is 0.705. The van der Waals surface area contributed by atoms with Crippen LogP contribution in [0.15, 0.2) is 47.6 Å². The molecule has 0 amide bonds. The third-order valence-electron chi connectivity index (χ3n) is 3.52. The third kappa shape index (κ3) is 4.00. The summed E-state index contributed by atoms with van der Waals surface area (Å²) in [4.78, 5) is 3.03. The lowest BCUT2D eigenvalue weighted by molar-refractivity contribution is -0.173. The first kappa shape index (κ1) is 19.8. The summed E-state index contributed by atoms with van der Waals surface area (Å²) in [5.41, 5.74) is -0.663. The molecule has 0 saturated carbocycles. The van der Waals surface area contributed by atoms with Crippen molar-refractivity contribution < 1.29 is 26.0 Å². The average Bonchev–Trinajstić information content (AvgIpc) is 2.58. The van der Waals surface area contributed by atoms with Crippen molar-refractivity contribution in [3.63, 3.8) is 0 Å². The highest BCUT2D eigenvalue weighted by Gasteiger charge is 2.48. The van der Waals surface area contributed by atoms with Gasteiger partial charge in [0.1, 0.15) is 22.8 Å². The summed E-state index contributed by atoms with van der Waals surface area (Å²) in [5.74, 6) is -0.918. The van der Waals surface area contributed by atoms with Crippen molar-refractivity contribution in [2.45, 2.75) is 24.0 Å². The van der Waals surface area contributed by atoms with Crippen molar-refractivity contribution in [2.75, 3.05) is 6.54 Å². The topological polar surface area (TPSA) is 74.1 Å². The molecule has 2 rings (SSSR count). The maximum Gasteiger partial charge on any atom is 0.409 e. The van der Waals surface area contributed by atoms with Gasteiger partial charge >= 0.3 is 6.18 Å². The number of hydrogen-bond acceptors (Lipinski definition) is 4. The van der Waals surface area contributed by atoms with E-state index in [9.17, 15) is 26.0 Å². The first-order valence-electron chi connectivity index (χ1n) is 7.30. The third-order valence-corrected chi connectivity index (χ3v) is 5.43. The summed E-state index contributed by atoms with van der Waals surface area (Å²) in [5, 5.41) is 8.85.